The van der Waals surface area contributed by atoms with Gasteiger partial charge in [-0.1, -0.05) is 26.0 Å². The average Bonchev–Trinajstić information content (AvgIpc) is 3.10. The van der Waals surface area contributed by atoms with Gasteiger partial charge in [-0.3, -0.25) is 0 Å². The minimum Gasteiger partial charge on any atom is -0.494 e. The second kappa shape index (κ2) is 5.16. The summed E-state index contributed by atoms with van der Waals surface area (Å²) in [6, 6.07) is 7.53. The first-order valence-corrected chi connectivity index (χ1v) is 8.67. The van der Waals surface area contributed by atoms with Gasteiger partial charge >= 0.3 is 0 Å². The number of rotatable bonds is 6. The Morgan fingerprint density at radius 3 is 2.21 bits per heavy atom. The van der Waals surface area contributed by atoms with Crippen LogP contribution in [0.1, 0.15) is 38.7 Å². The zero-order valence-corrected chi connectivity index (χ0v) is 12.7. The van der Waals surface area contributed by atoms with Crippen molar-refractivity contribution < 1.29 is 13.2 Å². The van der Waals surface area contributed by atoms with Crippen molar-refractivity contribution in [1.29, 1.82) is 0 Å². The molecule has 1 fully saturated rings. The molecular formula is C15H22O3S. The highest BCUT2D eigenvalue weighted by Crippen LogP contribution is 2.52. The van der Waals surface area contributed by atoms with Crippen molar-refractivity contribution in [3.63, 3.8) is 0 Å². The predicted molar refractivity (Wildman–Crippen MR) is 77.1 cm³/mol. The fourth-order valence-electron chi connectivity index (χ4n) is 2.25. The maximum atomic E-state index is 11.8. The third-order valence-corrected chi connectivity index (χ3v) is 5.82. The van der Waals surface area contributed by atoms with E-state index in [1.807, 2.05) is 24.3 Å². The van der Waals surface area contributed by atoms with Crippen molar-refractivity contribution in [2.75, 3.05) is 12.9 Å². The summed E-state index contributed by atoms with van der Waals surface area (Å²) in [7, 11) is -3.03. The fraction of sp³-hybridized carbons (Fsp3) is 0.600. The van der Waals surface area contributed by atoms with Gasteiger partial charge in [0, 0.05) is 6.26 Å². The summed E-state index contributed by atoms with van der Waals surface area (Å²) in [5.41, 5.74) is 0.895. The van der Waals surface area contributed by atoms with Crippen LogP contribution in [0.2, 0.25) is 0 Å². The molecule has 4 heteroatoms. The predicted octanol–water partition coefficient (Wildman–Crippen LogP) is 3.15. The van der Waals surface area contributed by atoms with Gasteiger partial charge in [-0.2, -0.15) is 0 Å². The molecule has 0 radical (unpaired) electrons. The Morgan fingerprint density at radius 2 is 1.79 bits per heavy atom. The highest BCUT2D eigenvalue weighted by atomic mass is 32.2. The molecule has 0 spiro atoms. The van der Waals surface area contributed by atoms with Crippen LogP contribution in [0.3, 0.4) is 0 Å². The summed E-state index contributed by atoms with van der Waals surface area (Å²) in [6.07, 6.45) is 3.82. The monoisotopic (exact) mass is 282 g/mol. The molecule has 1 aromatic carbocycles. The van der Waals surface area contributed by atoms with Crippen molar-refractivity contribution in [2.45, 2.75) is 37.9 Å². The number of sulfone groups is 1. The molecule has 0 N–H and O–H groups in total. The highest BCUT2D eigenvalue weighted by molar-refractivity contribution is 7.92. The Labute approximate surface area is 115 Å². The SMILES string of the molecule is CC(C)CCOc1ccc(C2(S(C)(=O)=O)CC2)cc1. The third kappa shape index (κ3) is 3.11. The van der Waals surface area contributed by atoms with E-state index in [4.69, 9.17) is 4.74 Å². The van der Waals surface area contributed by atoms with E-state index >= 15 is 0 Å². The van der Waals surface area contributed by atoms with Gasteiger partial charge in [0.05, 0.1) is 11.4 Å². The van der Waals surface area contributed by atoms with Gasteiger partial charge < -0.3 is 4.74 Å². The zero-order valence-electron chi connectivity index (χ0n) is 11.8. The Balaban J connectivity index is 2.04. The molecule has 1 saturated carbocycles. The fourth-order valence-corrected chi connectivity index (χ4v) is 3.66. The normalized spacial score (nSPS) is 17.5. The minimum atomic E-state index is -3.03. The molecule has 1 aliphatic carbocycles. The molecule has 0 amide bonds. The molecule has 0 unspecified atom stereocenters. The van der Waals surface area contributed by atoms with Gasteiger partial charge in [0.25, 0.3) is 0 Å². The number of ether oxygens (including phenoxy) is 1. The smallest absolute Gasteiger partial charge is 0.157 e. The summed E-state index contributed by atoms with van der Waals surface area (Å²) in [5.74, 6) is 1.44. The molecule has 19 heavy (non-hydrogen) atoms. The van der Waals surface area contributed by atoms with Crippen LogP contribution in [-0.4, -0.2) is 21.3 Å². The van der Waals surface area contributed by atoms with E-state index < -0.39 is 14.6 Å². The van der Waals surface area contributed by atoms with E-state index in [1.54, 1.807) is 0 Å². The molecule has 1 aromatic rings. The van der Waals surface area contributed by atoms with Crippen LogP contribution in [-0.2, 0) is 14.6 Å². The van der Waals surface area contributed by atoms with Crippen molar-refractivity contribution in [2.24, 2.45) is 5.92 Å². The Morgan fingerprint density at radius 1 is 1.21 bits per heavy atom. The maximum absolute atomic E-state index is 11.8. The quantitative estimate of drug-likeness (QED) is 0.805. The topological polar surface area (TPSA) is 43.4 Å². The minimum absolute atomic E-state index is 0.622. The van der Waals surface area contributed by atoms with Crippen molar-refractivity contribution >= 4 is 9.84 Å². The molecule has 0 aromatic heterocycles. The first-order chi connectivity index (χ1) is 8.85. The van der Waals surface area contributed by atoms with E-state index in [2.05, 4.69) is 13.8 Å². The van der Waals surface area contributed by atoms with Crippen LogP contribution in [0, 0.1) is 5.92 Å². The lowest BCUT2D eigenvalue weighted by Crippen LogP contribution is -2.19. The largest absolute Gasteiger partial charge is 0.494 e. The lowest BCUT2D eigenvalue weighted by atomic mass is 10.1. The van der Waals surface area contributed by atoms with Gasteiger partial charge in [-0.05, 0) is 42.9 Å². The maximum Gasteiger partial charge on any atom is 0.157 e. The molecule has 0 aliphatic heterocycles. The van der Waals surface area contributed by atoms with Crippen LogP contribution < -0.4 is 4.74 Å². The van der Waals surface area contributed by atoms with Crippen molar-refractivity contribution in [3.8, 4) is 5.75 Å². The lowest BCUT2D eigenvalue weighted by molar-refractivity contribution is 0.289. The molecule has 2 rings (SSSR count). The number of hydrogen-bond acceptors (Lipinski definition) is 3. The van der Waals surface area contributed by atoms with Gasteiger partial charge in [0.2, 0.25) is 0 Å². The lowest BCUT2D eigenvalue weighted by Gasteiger charge is -2.14. The summed E-state index contributed by atoms with van der Waals surface area (Å²) in [5, 5.41) is 0. The zero-order chi connectivity index (χ0) is 14.1. The van der Waals surface area contributed by atoms with E-state index in [9.17, 15) is 8.42 Å². The Bertz CT molecular complexity index is 525. The van der Waals surface area contributed by atoms with Crippen LogP contribution in [0.5, 0.6) is 5.75 Å². The van der Waals surface area contributed by atoms with E-state index in [0.717, 1.165) is 30.6 Å². The first-order valence-electron chi connectivity index (χ1n) is 6.78. The second-order valence-corrected chi connectivity index (χ2v) is 8.15. The summed E-state index contributed by atoms with van der Waals surface area (Å²) in [6.45, 7) is 5.03. The van der Waals surface area contributed by atoms with Gasteiger partial charge in [0.15, 0.2) is 9.84 Å². The summed E-state index contributed by atoms with van der Waals surface area (Å²) < 4.78 is 28.7. The molecule has 0 heterocycles. The second-order valence-electron chi connectivity index (χ2n) is 5.82. The Kier molecular flexibility index (Phi) is 3.90. The number of hydrogen-bond donors (Lipinski definition) is 0. The molecule has 106 valence electrons. The summed E-state index contributed by atoms with van der Waals surface area (Å²) >= 11 is 0. The molecule has 3 nitrogen and oxygen atoms in total. The van der Waals surface area contributed by atoms with Crippen molar-refractivity contribution in [1.82, 2.24) is 0 Å². The molecule has 0 saturated heterocycles. The molecule has 0 bridgehead atoms. The third-order valence-electron chi connectivity index (χ3n) is 3.76. The molecule has 1 aliphatic rings. The summed E-state index contributed by atoms with van der Waals surface area (Å²) in [4.78, 5) is 0. The van der Waals surface area contributed by atoms with Gasteiger partial charge in [-0.25, -0.2) is 8.42 Å². The molecular weight excluding hydrogens is 260 g/mol. The van der Waals surface area contributed by atoms with Crippen molar-refractivity contribution in [3.05, 3.63) is 29.8 Å². The molecule has 0 atom stereocenters. The highest BCUT2D eigenvalue weighted by Gasteiger charge is 2.53. The standard InChI is InChI=1S/C15H22O3S/c1-12(2)8-11-18-14-6-4-13(5-7-14)15(9-10-15)19(3,16)17/h4-7,12H,8-11H2,1-3H3. The Hall–Kier alpha value is -1.03. The van der Waals surface area contributed by atoms with Crippen LogP contribution >= 0.6 is 0 Å². The van der Waals surface area contributed by atoms with E-state index in [0.29, 0.717) is 12.5 Å². The van der Waals surface area contributed by atoms with Gasteiger partial charge in [-0.15, -0.1) is 0 Å². The first kappa shape index (κ1) is 14.4. The number of benzene rings is 1. The van der Waals surface area contributed by atoms with E-state index in [-0.39, 0.29) is 0 Å². The van der Waals surface area contributed by atoms with Crippen LogP contribution in [0.4, 0.5) is 0 Å². The average molecular weight is 282 g/mol. The van der Waals surface area contributed by atoms with Crippen LogP contribution in [0.25, 0.3) is 0 Å². The van der Waals surface area contributed by atoms with Gasteiger partial charge in [0.1, 0.15) is 5.75 Å². The van der Waals surface area contributed by atoms with E-state index in [1.165, 1.54) is 6.26 Å². The van der Waals surface area contributed by atoms with Crippen LogP contribution in [0.15, 0.2) is 24.3 Å².